The number of rotatable bonds is 5. The summed E-state index contributed by atoms with van der Waals surface area (Å²) < 4.78 is 10.5. The molecule has 0 aliphatic heterocycles. The molecule has 0 aliphatic carbocycles. The molecular weight excluding hydrogens is 349 g/mol. The Bertz CT molecular complexity index is 887. The van der Waals surface area contributed by atoms with Crippen LogP contribution in [0.5, 0.6) is 11.5 Å². The Morgan fingerprint density at radius 1 is 1.08 bits per heavy atom. The SMILES string of the molecule is COc1ccc(Cc2nc(Cl)nc3ccc(OCN)cc23)cc1Cl. The molecule has 0 saturated heterocycles. The third-order valence-corrected chi connectivity index (χ3v) is 4.02. The van der Waals surface area contributed by atoms with Gasteiger partial charge in [-0.05, 0) is 47.5 Å². The quantitative estimate of drug-likeness (QED) is 0.550. The van der Waals surface area contributed by atoms with Gasteiger partial charge in [-0.1, -0.05) is 17.7 Å². The molecule has 3 aromatic rings. The van der Waals surface area contributed by atoms with E-state index in [-0.39, 0.29) is 12.0 Å². The normalized spacial score (nSPS) is 10.8. The highest BCUT2D eigenvalue weighted by Gasteiger charge is 2.10. The zero-order valence-electron chi connectivity index (χ0n) is 12.9. The number of hydrogen-bond acceptors (Lipinski definition) is 5. The fourth-order valence-electron chi connectivity index (χ4n) is 2.47. The molecule has 2 N–H and O–H groups in total. The van der Waals surface area contributed by atoms with Crippen molar-refractivity contribution in [3.8, 4) is 11.5 Å². The van der Waals surface area contributed by atoms with E-state index in [2.05, 4.69) is 9.97 Å². The summed E-state index contributed by atoms with van der Waals surface area (Å²) in [6, 6.07) is 11.1. The Kier molecular flexibility index (Phi) is 5.04. The van der Waals surface area contributed by atoms with Crippen LogP contribution in [0.2, 0.25) is 10.3 Å². The number of fused-ring (bicyclic) bond motifs is 1. The molecular formula is C17H15Cl2N3O2. The average Bonchev–Trinajstić information content (AvgIpc) is 2.56. The summed E-state index contributed by atoms with van der Waals surface area (Å²) in [5.41, 5.74) is 7.95. The van der Waals surface area contributed by atoms with Gasteiger partial charge in [-0.2, -0.15) is 0 Å². The minimum absolute atomic E-state index is 0.101. The van der Waals surface area contributed by atoms with Gasteiger partial charge in [0, 0.05) is 11.8 Å². The Morgan fingerprint density at radius 2 is 1.92 bits per heavy atom. The molecule has 0 unspecified atom stereocenters. The van der Waals surface area contributed by atoms with Gasteiger partial charge in [-0.25, -0.2) is 9.97 Å². The Labute approximate surface area is 149 Å². The van der Waals surface area contributed by atoms with Crippen LogP contribution in [0.25, 0.3) is 10.9 Å². The van der Waals surface area contributed by atoms with Crippen molar-refractivity contribution in [1.29, 1.82) is 0 Å². The predicted molar refractivity (Wildman–Crippen MR) is 95.0 cm³/mol. The van der Waals surface area contributed by atoms with E-state index in [9.17, 15) is 0 Å². The van der Waals surface area contributed by atoms with Gasteiger partial charge < -0.3 is 9.47 Å². The van der Waals surface area contributed by atoms with Gasteiger partial charge in [0.1, 0.15) is 18.2 Å². The van der Waals surface area contributed by atoms with Gasteiger partial charge in [-0.15, -0.1) is 0 Å². The van der Waals surface area contributed by atoms with Gasteiger partial charge in [0.25, 0.3) is 0 Å². The van der Waals surface area contributed by atoms with Crippen LogP contribution in [0.3, 0.4) is 0 Å². The number of hydrogen-bond donors (Lipinski definition) is 1. The number of aromatic nitrogens is 2. The summed E-state index contributed by atoms with van der Waals surface area (Å²) in [7, 11) is 1.58. The second-order valence-electron chi connectivity index (χ2n) is 5.07. The molecule has 0 amide bonds. The molecule has 124 valence electrons. The van der Waals surface area contributed by atoms with E-state index in [1.165, 1.54) is 0 Å². The maximum absolute atomic E-state index is 6.19. The highest BCUT2D eigenvalue weighted by Crippen LogP contribution is 2.28. The first kappa shape index (κ1) is 16.8. The smallest absolute Gasteiger partial charge is 0.223 e. The Morgan fingerprint density at radius 3 is 2.62 bits per heavy atom. The second kappa shape index (κ2) is 7.21. The number of ether oxygens (including phenoxy) is 2. The minimum atomic E-state index is 0.101. The highest BCUT2D eigenvalue weighted by molar-refractivity contribution is 6.32. The first-order valence-corrected chi connectivity index (χ1v) is 7.97. The number of methoxy groups -OCH3 is 1. The molecule has 5 nitrogen and oxygen atoms in total. The summed E-state index contributed by atoms with van der Waals surface area (Å²) in [6.07, 6.45) is 0.550. The zero-order chi connectivity index (χ0) is 17.1. The van der Waals surface area contributed by atoms with Crippen molar-refractivity contribution in [1.82, 2.24) is 9.97 Å². The molecule has 0 saturated carbocycles. The van der Waals surface area contributed by atoms with Gasteiger partial charge in [-0.3, -0.25) is 5.73 Å². The molecule has 0 bridgehead atoms. The fraction of sp³-hybridized carbons (Fsp3) is 0.176. The van der Waals surface area contributed by atoms with Crippen LogP contribution in [0, 0.1) is 0 Å². The van der Waals surface area contributed by atoms with Gasteiger partial charge >= 0.3 is 0 Å². The minimum Gasteiger partial charge on any atom is -0.495 e. The average molecular weight is 364 g/mol. The van der Waals surface area contributed by atoms with Crippen LogP contribution in [-0.4, -0.2) is 23.8 Å². The van der Waals surface area contributed by atoms with Gasteiger partial charge in [0.15, 0.2) is 0 Å². The Hall–Kier alpha value is -2.08. The molecule has 1 aromatic heterocycles. The predicted octanol–water partition coefficient (Wildman–Crippen LogP) is 3.83. The third kappa shape index (κ3) is 3.53. The van der Waals surface area contributed by atoms with Crippen LogP contribution >= 0.6 is 23.2 Å². The molecule has 0 spiro atoms. The monoisotopic (exact) mass is 363 g/mol. The summed E-state index contributed by atoms with van der Waals surface area (Å²) in [6.45, 7) is 0.101. The van der Waals surface area contributed by atoms with Crippen molar-refractivity contribution in [2.75, 3.05) is 13.8 Å². The topological polar surface area (TPSA) is 70.3 Å². The van der Waals surface area contributed by atoms with E-state index >= 15 is 0 Å². The first-order chi connectivity index (χ1) is 11.6. The number of nitrogens with two attached hydrogens (primary N) is 1. The largest absolute Gasteiger partial charge is 0.495 e. The van der Waals surface area contributed by atoms with E-state index in [4.69, 9.17) is 38.4 Å². The molecule has 3 rings (SSSR count). The lowest BCUT2D eigenvalue weighted by Crippen LogP contribution is -2.07. The molecule has 2 aromatic carbocycles. The number of nitrogens with zero attached hydrogens (tertiary/aromatic N) is 2. The lowest BCUT2D eigenvalue weighted by Gasteiger charge is -2.10. The van der Waals surface area contributed by atoms with Crippen LogP contribution in [-0.2, 0) is 6.42 Å². The van der Waals surface area contributed by atoms with Crippen molar-refractivity contribution in [3.63, 3.8) is 0 Å². The van der Waals surface area contributed by atoms with Crippen LogP contribution in [0.4, 0.5) is 0 Å². The van der Waals surface area contributed by atoms with E-state index in [1.54, 1.807) is 13.2 Å². The summed E-state index contributed by atoms with van der Waals surface area (Å²) in [4.78, 5) is 8.61. The summed E-state index contributed by atoms with van der Waals surface area (Å²) in [5, 5.41) is 1.61. The van der Waals surface area contributed by atoms with E-state index in [0.29, 0.717) is 22.9 Å². The van der Waals surface area contributed by atoms with Crippen LogP contribution in [0.15, 0.2) is 36.4 Å². The Balaban J connectivity index is 2.04. The maximum atomic E-state index is 6.19. The number of halogens is 2. The lowest BCUT2D eigenvalue weighted by atomic mass is 10.1. The van der Waals surface area contributed by atoms with Crippen molar-refractivity contribution >= 4 is 34.1 Å². The van der Waals surface area contributed by atoms with Crippen molar-refractivity contribution in [2.45, 2.75) is 6.42 Å². The summed E-state index contributed by atoms with van der Waals surface area (Å²) >= 11 is 12.2. The standard InChI is InChI=1S/C17H15Cl2N3O2/c1-23-16-5-2-10(6-13(16)18)7-15-12-8-11(24-9-20)3-4-14(12)21-17(19)22-15/h2-6,8H,7,9,20H2,1H3. The van der Waals surface area contributed by atoms with Crippen molar-refractivity contribution < 1.29 is 9.47 Å². The lowest BCUT2D eigenvalue weighted by molar-refractivity contribution is 0.330. The number of benzene rings is 2. The van der Waals surface area contributed by atoms with Crippen molar-refractivity contribution in [3.05, 3.63) is 58.0 Å². The van der Waals surface area contributed by atoms with E-state index in [0.717, 1.165) is 22.2 Å². The third-order valence-electron chi connectivity index (χ3n) is 3.56. The molecule has 0 atom stereocenters. The van der Waals surface area contributed by atoms with Crippen LogP contribution < -0.4 is 15.2 Å². The second-order valence-corrected chi connectivity index (χ2v) is 5.82. The molecule has 1 heterocycles. The summed E-state index contributed by atoms with van der Waals surface area (Å²) in [5.74, 6) is 1.29. The highest BCUT2D eigenvalue weighted by atomic mass is 35.5. The fourth-order valence-corrected chi connectivity index (χ4v) is 2.95. The molecule has 0 aliphatic rings. The van der Waals surface area contributed by atoms with Gasteiger partial charge in [0.2, 0.25) is 5.28 Å². The molecule has 0 radical (unpaired) electrons. The van der Waals surface area contributed by atoms with Crippen molar-refractivity contribution in [2.24, 2.45) is 5.73 Å². The molecule has 24 heavy (non-hydrogen) atoms. The first-order valence-electron chi connectivity index (χ1n) is 7.22. The van der Waals surface area contributed by atoms with E-state index < -0.39 is 0 Å². The van der Waals surface area contributed by atoms with Gasteiger partial charge in [0.05, 0.1) is 23.3 Å². The van der Waals surface area contributed by atoms with Crippen LogP contribution in [0.1, 0.15) is 11.3 Å². The molecule has 0 fully saturated rings. The zero-order valence-corrected chi connectivity index (χ0v) is 14.4. The van der Waals surface area contributed by atoms with E-state index in [1.807, 2.05) is 30.3 Å². The molecule has 7 heteroatoms. The maximum Gasteiger partial charge on any atom is 0.223 e.